The first-order valence-electron chi connectivity index (χ1n) is 5.38. The van der Waals surface area contributed by atoms with Gasteiger partial charge in [0.1, 0.15) is 6.04 Å². The Bertz CT molecular complexity index is 192. The highest BCUT2D eigenvalue weighted by Gasteiger charge is 2.10. The number of carbonyl (C=O) groups excluding carboxylic acids is 2. The number of nitrogens with one attached hydrogen (secondary N) is 1. The van der Waals surface area contributed by atoms with Crippen LogP contribution in [0.4, 0.5) is 0 Å². The monoisotopic (exact) mass is 214 g/mol. The maximum Gasteiger partial charge on any atom is 0.225 e. The Kier molecular flexibility index (Phi) is 7.91. The minimum atomic E-state index is -0.873. The van der Waals surface area contributed by atoms with Crippen molar-refractivity contribution in [3.8, 4) is 0 Å². The summed E-state index contributed by atoms with van der Waals surface area (Å²) in [5, 5.41) is 11.0. The number of aliphatic hydroxyl groups is 1. The highest BCUT2D eigenvalue weighted by molar-refractivity contribution is 5.79. The van der Waals surface area contributed by atoms with Crippen LogP contribution in [0.2, 0.25) is 0 Å². The van der Waals surface area contributed by atoms with E-state index in [9.17, 15) is 9.59 Å². The Morgan fingerprint density at radius 3 is 2.53 bits per heavy atom. The van der Waals surface area contributed by atoms with Crippen LogP contribution >= 0.6 is 0 Å². The summed E-state index contributed by atoms with van der Waals surface area (Å²) in [6, 6.07) is -0.873. The van der Waals surface area contributed by atoms with E-state index in [1.54, 1.807) is 6.29 Å². The van der Waals surface area contributed by atoms with E-state index < -0.39 is 6.04 Å². The Hall–Kier alpha value is -0.900. The first-order chi connectivity index (χ1) is 7.10. The van der Waals surface area contributed by atoms with Gasteiger partial charge in [0.2, 0.25) is 12.2 Å². The minimum Gasteiger partial charge on any atom is -0.394 e. The van der Waals surface area contributed by atoms with Crippen LogP contribution in [0.5, 0.6) is 0 Å². The zero-order valence-electron chi connectivity index (χ0n) is 9.45. The van der Waals surface area contributed by atoms with Crippen LogP contribution in [0.1, 0.15) is 39.5 Å². The van der Waals surface area contributed by atoms with Crippen LogP contribution in [0.3, 0.4) is 0 Å². The van der Waals surface area contributed by atoms with Gasteiger partial charge in [-0.25, -0.2) is 0 Å². The third kappa shape index (κ3) is 8.12. The molecule has 4 heteroatoms. The molecule has 0 aromatic rings. The number of hydrogen-bond acceptors (Lipinski definition) is 3. The molecule has 0 aliphatic heterocycles. The van der Waals surface area contributed by atoms with Crippen molar-refractivity contribution in [3.05, 3.63) is 0 Å². The average molecular weight is 214 g/mol. The molecule has 0 aliphatic carbocycles. The zero-order chi connectivity index (χ0) is 11.7. The molecule has 0 saturated heterocycles. The Labute approximate surface area is 91.1 Å². The van der Waals surface area contributed by atoms with Crippen molar-refractivity contribution in [1.82, 2.24) is 5.32 Å². The number of amides is 1. The van der Waals surface area contributed by atoms with E-state index in [1.165, 1.54) is 0 Å². The normalized spacial score (nSPS) is 12.5. The quantitative estimate of drug-likeness (QED) is 0.587. The van der Waals surface area contributed by atoms with E-state index in [1.807, 2.05) is 0 Å². The van der Waals surface area contributed by atoms with Crippen LogP contribution in [0, 0.1) is 5.92 Å². The molecule has 0 heterocycles. The standard InChI is InChI=1S/C11H20NO3/c1-9(2)5-3-4-6-11(15)12-10(7-13)8-14/h9-10,13H,3-7H2,1-2H3,(H,12,15)/t10-/m0/s1. The summed E-state index contributed by atoms with van der Waals surface area (Å²) in [6.45, 7) is 3.90. The SMILES string of the molecule is CC(C)CCCCC(=O)N[C@H]([C]=O)CO. The zero-order valence-corrected chi connectivity index (χ0v) is 9.45. The Morgan fingerprint density at radius 2 is 2.07 bits per heavy atom. The van der Waals surface area contributed by atoms with Gasteiger partial charge in [-0.05, 0) is 12.3 Å². The summed E-state index contributed by atoms with van der Waals surface area (Å²) in [7, 11) is 0. The van der Waals surface area contributed by atoms with Crippen LogP contribution in [0.25, 0.3) is 0 Å². The van der Waals surface area contributed by atoms with Crippen LogP contribution < -0.4 is 5.32 Å². The summed E-state index contributed by atoms with van der Waals surface area (Å²) in [4.78, 5) is 21.4. The fourth-order valence-electron chi connectivity index (χ4n) is 1.22. The highest BCUT2D eigenvalue weighted by Crippen LogP contribution is 2.07. The summed E-state index contributed by atoms with van der Waals surface area (Å²) >= 11 is 0. The van der Waals surface area contributed by atoms with E-state index in [0.29, 0.717) is 12.3 Å². The van der Waals surface area contributed by atoms with Crippen molar-refractivity contribution >= 4 is 12.2 Å². The number of carbonyl (C=O) groups is 1. The molecule has 87 valence electrons. The van der Waals surface area contributed by atoms with Crippen LogP contribution in [0.15, 0.2) is 0 Å². The van der Waals surface area contributed by atoms with Crippen LogP contribution in [-0.2, 0) is 9.59 Å². The molecular formula is C11H20NO3. The van der Waals surface area contributed by atoms with Crippen molar-refractivity contribution in [2.24, 2.45) is 5.92 Å². The maximum absolute atomic E-state index is 11.2. The van der Waals surface area contributed by atoms with Gasteiger partial charge in [-0.15, -0.1) is 0 Å². The molecular weight excluding hydrogens is 194 g/mol. The third-order valence-corrected chi connectivity index (χ3v) is 2.10. The van der Waals surface area contributed by atoms with Crippen molar-refractivity contribution in [2.75, 3.05) is 6.61 Å². The van der Waals surface area contributed by atoms with Gasteiger partial charge in [0.05, 0.1) is 6.61 Å². The number of hydrogen-bond donors (Lipinski definition) is 2. The van der Waals surface area contributed by atoms with Gasteiger partial charge in [-0.1, -0.05) is 26.7 Å². The molecule has 0 unspecified atom stereocenters. The fourth-order valence-corrected chi connectivity index (χ4v) is 1.22. The molecule has 0 saturated carbocycles. The summed E-state index contributed by atoms with van der Waals surface area (Å²) in [5.74, 6) is 0.461. The third-order valence-electron chi connectivity index (χ3n) is 2.10. The number of unbranched alkanes of at least 4 members (excludes halogenated alkanes) is 1. The van der Waals surface area contributed by atoms with Gasteiger partial charge in [-0.3, -0.25) is 9.59 Å². The van der Waals surface area contributed by atoms with E-state index in [0.717, 1.165) is 19.3 Å². The predicted octanol–water partition coefficient (Wildman–Crippen LogP) is 0.790. The van der Waals surface area contributed by atoms with E-state index in [4.69, 9.17) is 5.11 Å². The van der Waals surface area contributed by atoms with E-state index >= 15 is 0 Å². The molecule has 0 aromatic carbocycles. The summed E-state index contributed by atoms with van der Waals surface area (Å²) < 4.78 is 0. The van der Waals surface area contributed by atoms with Crippen molar-refractivity contribution in [2.45, 2.75) is 45.6 Å². The lowest BCUT2D eigenvalue weighted by Crippen LogP contribution is -2.38. The number of aliphatic hydroxyl groups excluding tert-OH is 1. The van der Waals surface area contributed by atoms with E-state index in [2.05, 4.69) is 19.2 Å². The predicted molar refractivity (Wildman–Crippen MR) is 58.0 cm³/mol. The molecule has 1 atom stereocenters. The van der Waals surface area contributed by atoms with Gasteiger partial charge in [0, 0.05) is 6.42 Å². The molecule has 0 rings (SSSR count). The fraction of sp³-hybridized carbons (Fsp3) is 0.818. The van der Waals surface area contributed by atoms with Gasteiger partial charge in [-0.2, -0.15) is 0 Å². The average Bonchev–Trinajstić information content (AvgIpc) is 2.20. The molecule has 1 amide bonds. The molecule has 0 spiro atoms. The van der Waals surface area contributed by atoms with Gasteiger partial charge >= 0.3 is 0 Å². The second kappa shape index (κ2) is 8.41. The summed E-state index contributed by atoms with van der Waals surface area (Å²) in [6.07, 6.45) is 4.91. The Balaban J connectivity index is 3.52. The first kappa shape index (κ1) is 14.1. The summed E-state index contributed by atoms with van der Waals surface area (Å²) in [5.41, 5.74) is 0. The molecule has 0 fully saturated rings. The minimum absolute atomic E-state index is 0.193. The van der Waals surface area contributed by atoms with Gasteiger partial charge < -0.3 is 10.4 Å². The molecule has 0 aliphatic rings. The smallest absolute Gasteiger partial charge is 0.225 e. The van der Waals surface area contributed by atoms with Gasteiger partial charge in [0.15, 0.2) is 0 Å². The molecule has 4 nitrogen and oxygen atoms in total. The van der Waals surface area contributed by atoms with Crippen molar-refractivity contribution in [3.63, 3.8) is 0 Å². The van der Waals surface area contributed by atoms with Crippen molar-refractivity contribution < 1.29 is 14.7 Å². The van der Waals surface area contributed by atoms with Gasteiger partial charge in [0.25, 0.3) is 0 Å². The maximum atomic E-state index is 11.2. The largest absolute Gasteiger partial charge is 0.394 e. The lowest BCUT2D eigenvalue weighted by atomic mass is 10.1. The molecule has 0 bridgehead atoms. The van der Waals surface area contributed by atoms with E-state index in [-0.39, 0.29) is 12.5 Å². The Morgan fingerprint density at radius 1 is 1.40 bits per heavy atom. The topological polar surface area (TPSA) is 66.4 Å². The molecule has 2 N–H and O–H groups in total. The lowest BCUT2D eigenvalue weighted by molar-refractivity contribution is -0.121. The van der Waals surface area contributed by atoms with Crippen molar-refractivity contribution in [1.29, 1.82) is 0 Å². The van der Waals surface area contributed by atoms with Crippen LogP contribution in [-0.4, -0.2) is 29.9 Å². The number of rotatable bonds is 8. The molecule has 15 heavy (non-hydrogen) atoms. The molecule has 0 aromatic heterocycles. The second-order valence-corrected chi connectivity index (χ2v) is 4.06. The highest BCUT2D eigenvalue weighted by atomic mass is 16.3. The lowest BCUT2D eigenvalue weighted by Gasteiger charge is -2.09. The second-order valence-electron chi connectivity index (χ2n) is 4.06. The first-order valence-corrected chi connectivity index (χ1v) is 5.38. The molecule has 1 radical (unpaired) electrons.